The van der Waals surface area contributed by atoms with Crippen LogP contribution in [0.2, 0.25) is 0 Å². The molecule has 0 aliphatic rings. The van der Waals surface area contributed by atoms with Gasteiger partial charge in [-0.2, -0.15) is 0 Å². The Morgan fingerprint density at radius 1 is 1.55 bits per heavy atom. The fraction of sp³-hybridized carbons (Fsp3) is 0.714. The first-order valence-electron chi connectivity index (χ1n) is 3.77. The molecule has 0 amide bonds. The van der Waals surface area contributed by atoms with Gasteiger partial charge in [-0.1, -0.05) is 6.92 Å². The van der Waals surface area contributed by atoms with Crippen molar-refractivity contribution in [2.45, 2.75) is 26.8 Å². The highest BCUT2D eigenvalue weighted by molar-refractivity contribution is 4.85. The molecule has 1 aromatic heterocycles. The largest absolute Gasteiger partial charge is 0.424 e. The molecule has 0 fully saturated rings. The van der Waals surface area contributed by atoms with Crippen LogP contribution in [0.1, 0.15) is 31.7 Å². The lowest BCUT2D eigenvalue weighted by atomic mass is 10.3. The van der Waals surface area contributed by atoms with Crippen LogP contribution >= 0.6 is 0 Å². The van der Waals surface area contributed by atoms with Crippen molar-refractivity contribution in [1.82, 2.24) is 15.5 Å². The summed E-state index contributed by atoms with van der Waals surface area (Å²) < 4.78 is 5.21. The van der Waals surface area contributed by atoms with Gasteiger partial charge in [0, 0.05) is 6.92 Å². The maximum Gasteiger partial charge on any atom is 0.233 e. The van der Waals surface area contributed by atoms with Gasteiger partial charge in [0.2, 0.25) is 11.8 Å². The molecule has 4 heteroatoms. The Kier molecular flexibility index (Phi) is 2.59. The second kappa shape index (κ2) is 3.48. The summed E-state index contributed by atoms with van der Waals surface area (Å²) in [7, 11) is 0. The summed E-state index contributed by atoms with van der Waals surface area (Å²) in [4.78, 5) is 0. The lowest BCUT2D eigenvalue weighted by Crippen LogP contribution is -2.17. The van der Waals surface area contributed by atoms with E-state index < -0.39 is 0 Å². The van der Waals surface area contributed by atoms with Crippen LogP contribution in [0.25, 0.3) is 0 Å². The van der Waals surface area contributed by atoms with Crippen molar-refractivity contribution in [1.29, 1.82) is 0 Å². The van der Waals surface area contributed by atoms with Gasteiger partial charge < -0.3 is 9.73 Å². The van der Waals surface area contributed by atoms with Crippen molar-refractivity contribution < 1.29 is 4.42 Å². The summed E-state index contributed by atoms with van der Waals surface area (Å²) in [6, 6.07) is 0.154. The molecule has 11 heavy (non-hydrogen) atoms. The van der Waals surface area contributed by atoms with Crippen LogP contribution in [-0.4, -0.2) is 16.7 Å². The van der Waals surface area contributed by atoms with E-state index in [2.05, 4.69) is 15.5 Å². The molecule has 0 aliphatic carbocycles. The van der Waals surface area contributed by atoms with Gasteiger partial charge in [0.05, 0.1) is 6.04 Å². The zero-order chi connectivity index (χ0) is 8.27. The third-order valence-corrected chi connectivity index (χ3v) is 1.42. The third kappa shape index (κ3) is 2.01. The lowest BCUT2D eigenvalue weighted by molar-refractivity contribution is 0.407. The SMILES string of the molecule is CCNC(C)c1nnc(C)o1. The summed E-state index contributed by atoms with van der Waals surface area (Å²) in [5, 5.41) is 10.8. The molecular formula is C7H13N3O. The molecule has 0 aliphatic heterocycles. The highest BCUT2D eigenvalue weighted by Crippen LogP contribution is 2.08. The van der Waals surface area contributed by atoms with Gasteiger partial charge in [0.15, 0.2) is 0 Å². The molecule has 1 heterocycles. The second-order valence-corrected chi connectivity index (χ2v) is 2.44. The van der Waals surface area contributed by atoms with Crippen molar-refractivity contribution in [2.24, 2.45) is 0 Å². The van der Waals surface area contributed by atoms with Crippen LogP contribution in [-0.2, 0) is 0 Å². The predicted octanol–water partition coefficient (Wildman–Crippen LogP) is 1.05. The average molecular weight is 155 g/mol. The van der Waals surface area contributed by atoms with E-state index in [-0.39, 0.29) is 6.04 Å². The first kappa shape index (κ1) is 8.20. The highest BCUT2D eigenvalue weighted by Gasteiger charge is 2.09. The topological polar surface area (TPSA) is 51.0 Å². The number of nitrogens with one attached hydrogen (secondary N) is 1. The van der Waals surface area contributed by atoms with Crippen LogP contribution < -0.4 is 5.32 Å². The standard InChI is InChI=1S/C7H13N3O/c1-4-8-5(2)7-10-9-6(3)11-7/h5,8H,4H2,1-3H3. The van der Waals surface area contributed by atoms with Gasteiger partial charge in [-0.05, 0) is 13.5 Å². The smallest absolute Gasteiger partial charge is 0.233 e. The molecule has 62 valence electrons. The molecule has 0 radical (unpaired) electrons. The van der Waals surface area contributed by atoms with Crippen LogP contribution in [0, 0.1) is 6.92 Å². The van der Waals surface area contributed by atoms with Crippen molar-refractivity contribution in [2.75, 3.05) is 6.54 Å². The summed E-state index contributed by atoms with van der Waals surface area (Å²) >= 11 is 0. The molecule has 4 nitrogen and oxygen atoms in total. The molecule has 1 aromatic rings. The van der Waals surface area contributed by atoms with Crippen molar-refractivity contribution in [3.8, 4) is 0 Å². The second-order valence-electron chi connectivity index (χ2n) is 2.44. The van der Waals surface area contributed by atoms with E-state index in [0.717, 1.165) is 6.54 Å². The Balaban J connectivity index is 2.60. The van der Waals surface area contributed by atoms with E-state index in [0.29, 0.717) is 11.8 Å². The molecule has 0 bridgehead atoms. The van der Waals surface area contributed by atoms with Crippen LogP contribution in [0.4, 0.5) is 0 Å². The van der Waals surface area contributed by atoms with Crippen molar-refractivity contribution in [3.63, 3.8) is 0 Å². The van der Waals surface area contributed by atoms with Gasteiger partial charge in [-0.15, -0.1) is 10.2 Å². The fourth-order valence-electron chi connectivity index (χ4n) is 0.880. The van der Waals surface area contributed by atoms with E-state index in [1.807, 2.05) is 13.8 Å². The van der Waals surface area contributed by atoms with Gasteiger partial charge in [-0.3, -0.25) is 0 Å². The predicted molar refractivity (Wildman–Crippen MR) is 41.1 cm³/mol. The third-order valence-electron chi connectivity index (χ3n) is 1.42. The first-order chi connectivity index (χ1) is 5.24. The summed E-state index contributed by atoms with van der Waals surface area (Å²) in [5.74, 6) is 1.27. The van der Waals surface area contributed by atoms with Gasteiger partial charge in [0.1, 0.15) is 0 Å². The monoisotopic (exact) mass is 155 g/mol. The minimum absolute atomic E-state index is 0.154. The Hall–Kier alpha value is -0.900. The molecule has 1 atom stereocenters. The number of aromatic nitrogens is 2. The van der Waals surface area contributed by atoms with E-state index in [1.54, 1.807) is 6.92 Å². The number of aryl methyl sites for hydroxylation is 1. The molecule has 1 N–H and O–H groups in total. The van der Waals surface area contributed by atoms with E-state index >= 15 is 0 Å². The Morgan fingerprint density at radius 2 is 2.27 bits per heavy atom. The minimum atomic E-state index is 0.154. The Bertz CT molecular complexity index is 221. The van der Waals surface area contributed by atoms with Crippen LogP contribution in [0.15, 0.2) is 4.42 Å². The normalized spacial score (nSPS) is 13.4. The molecule has 0 spiro atoms. The zero-order valence-electron chi connectivity index (χ0n) is 7.09. The first-order valence-corrected chi connectivity index (χ1v) is 3.77. The van der Waals surface area contributed by atoms with E-state index in [4.69, 9.17) is 4.42 Å². The molecule has 1 unspecified atom stereocenters. The Morgan fingerprint density at radius 3 is 2.73 bits per heavy atom. The molecule has 0 aromatic carbocycles. The fourth-order valence-corrected chi connectivity index (χ4v) is 0.880. The van der Waals surface area contributed by atoms with Gasteiger partial charge in [0.25, 0.3) is 0 Å². The van der Waals surface area contributed by atoms with E-state index in [1.165, 1.54) is 0 Å². The summed E-state index contributed by atoms with van der Waals surface area (Å²) in [6.07, 6.45) is 0. The quantitative estimate of drug-likeness (QED) is 0.708. The lowest BCUT2D eigenvalue weighted by Gasteiger charge is -2.05. The average Bonchev–Trinajstić information content (AvgIpc) is 2.36. The summed E-state index contributed by atoms with van der Waals surface area (Å²) in [6.45, 7) is 6.73. The number of hydrogen-bond acceptors (Lipinski definition) is 4. The number of hydrogen-bond donors (Lipinski definition) is 1. The molecular weight excluding hydrogens is 142 g/mol. The van der Waals surface area contributed by atoms with Gasteiger partial charge in [-0.25, -0.2) is 0 Å². The van der Waals surface area contributed by atoms with Crippen LogP contribution in [0.5, 0.6) is 0 Å². The molecule has 0 saturated heterocycles. The van der Waals surface area contributed by atoms with Crippen molar-refractivity contribution >= 4 is 0 Å². The van der Waals surface area contributed by atoms with Crippen LogP contribution in [0.3, 0.4) is 0 Å². The van der Waals surface area contributed by atoms with Crippen molar-refractivity contribution in [3.05, 3.63) is 11.8 Å². The number of rotatable bonds is 3. The molecule has 0 saturated carbocycles. The molecule has 1 rings (SSSR count). The van der Waals surface area contributed by atoms with E-state index in [9.17, 15) is 0 Å². The maximum absolute atomic E-state index is 5.21. The Labute approximate surface area is 66.0 Å². The highest BCUT2D eigenvalue weighted by atomic mass is 16.4. The summed E-state index contributed by atoms with van der Waals surface area (Å²) in [5.41, 5.74) is 0. The zero-order valence-corrected chi connectivity index (χ0v) is 7.09. The maximum atomic E-state index is 5.21. The minimum Gasteiger partial charge on any atom is -0.424 e. The van der Waals surface area contributed by atoms with Gasteiger partial charge >= 0.3 is 0 Å². The number of nitrogens with zero attached hydrogens (tertiary/aromatic N) is 2.